The Morgan fingerprint density at radius 2 is 2.06 bits per heavy atom. The van der Waals surface area contributed by atoms with Crippen molar-refractivity contribution < 1.29 is 20.1 Å². The summed E-state index contributed by atoms with van der Waals surface area (Å²) in [5.74, 6) is -0.615. The van der Waals surface area contributed by atoms with Crippen LogP contribution in [0.3, 0.4) is 0 Å². The van der Waals surface area contributed by atoms with E-state index in [-0.39, 0.29) is 11.3 Å². The second kappa shape index (κ2) is 5.90. The van der Waals surface area contributed by atoms with Gasteiger partial charge in [0.2, 0.25) is 0 Å². The number of nitrogens with two attached hydrogens (primary N) is 1. The Morgan fingerprint density at radius 1 is 1.41 bits per heavy atom. The van der Waals surface area contributed by atoms with Gasteiger partial charge in [-0.2, -0.15) is 12.6 Å². The van der Waals surface area contributed by atoms with Crippen LogP contribution in [-0.4, -0.2) is 33.1 Å². The molecule has 1 rings (SSSR count). The van der Waals surface area contributed by atoms with E-state index in [1.807, 2.05) is 0 Å². The summed E-state index contributed by atoms with van der Waals surface area (Å²) in [5.41, 5.74) is 5.30. The minimum Gasteiger partial charge on any atom is -0.507 e. The van der Waals surface area contributed by atoms with Crippen molar-refractivity contribution in [2.75, 3.05) is 5.75 Å². The number of thiol groups is 1. The van der Waals surface area contributed by atoms with Crippen molar-refractivity contribution in [3.8, 4) is 5.75 Å². The van der Waals surface area contributed by atoms with Gasteiger partial charge in [-0.1, -0.05) is 6.07 Å². The Hall–Kier alpha value is -1.24. The van der Waals surface area contributed by atoms with Gasteiger partial charge in [0.05, 0.1) is 11.7 Å². The van der Waals surface area contributed by atoms with Crippen LogP contribution in [0.4, 0.5) is 0 Å². The SMILES string of the molecule is NC(=O)c1cc(C(O)C(O)CCS)ccc1O. The molecule has 1 amide bonds. The fourth-order valence-corrected chi connectivity index (χ4v) is 1.71. The predicted molar refractivity (Wildman–Crippen MR) is 66.1 cm³/mol. The van der Waals surface area contributed by atoms with Crippen molar-refractivity contribution in [1.82, 2.24) is 0 Å². The standard InChI is InChI=1S/C11H15NO4S/c12-11(16)7-5-6(1-2-8(7)13)10(15)9(14)3-4-17/h1-2,5,9-10,13-15,17H,3-4H2,(H2,12,16). The first-order chi connectivity index (χ1) is 7.97. The lowest BCUT2D eigenvalue weighted by atomic mass is 10.00. The maximum absolute atomic E-state index is 11.0. The van der Waals surface area contributed by atoms with Crippen molar-refractivity contribution >= 4 is 18.5 Å². The highest BCUT2D eigenvalue weighted by Crippen LogP contribution is 2.25. The van der Waals surface area contributed by atoms with Gasteiger partial charge in [-0.05, 0) is 29.9 Å². The Morgan fingerprint density at radius 3 is 2.59 bits per heavy atom. The molecule has 0 fully saturated rings. The predicted octanol–water partition coefficient (Wildman–Crippen LogP) is 0.205. The molecule has 2 unspecified atom stereocenters. The Labute approximate surface area is 104 Å². The number of phenols is 1. The van der Waals surface area contributed by atoms with E-state index in [0.29, 0.717) is 17.7 Å². The van der Waals surface area contributed by atoms with Crippen LogP contribution < -0.4 is 5.73 Å². The van der Waals surface area contributed by atoms with Crippen LogP contribution in [0.15, 0.2) is 18.2 Å². The molecular weight excluding hydrogens is 242 g/mol. The smallest absolute Gasteiger partial charge is 0.252 e. The summed E-state index contributed by atoms with van der Waals surface area (Å²) in [4.78, 5) is 11.0. The zero-order valence-electron chi connectivity index (χ0n) is 9.08. The van der Waals surface area contributed by atoms with E-state index in [0.717, 1.165) is 0 Å². The van der Waals surface area contributed by atoms with Crippen LogP contribution in [0.1, 0.15) is 28.4 Å². The van der Waals surface area contributed by atoms with E-state index in [9.17, 15) is 20.1 Å². The molecule has 0 spiro atoms. The van der Waals surface area contributed by atoms with E-state index in [4.69, 9.17) is 5.73 Å². The molecule has 17 heavy (non-hydrogen) atoms. The van der Waals surface area contributed by atoms with Gasteiger partial charge >= 0.3 is 0 Å². The second-order valence-corrected chi connectivity index (χ2v) is 4.11. The minimum atomic E-state index is -1.14. The molecule has 1 aromatic carbocycles. The van der Waals surface area contributed by atoms with Crippen LogP contribution in [0, 0.1) is 0 Å². The number of primary amides is 1. The molecule has 5 N–H and O–H groups in total. The largest absolute Gasteiger partial charge is 0.507 e. The maximum Gasteiger partial charge on any atom is 0.252 e. The summed E-state index contributed by atoms with van der Waals surface area (Å²) in [7, 11) is 0. The number of aliphatic hydroxyl groups excluding tert-OH is 2. The number of carbonyl (C=O) groups excluding carboxylic acids is 1. The summed E-state index contributed by atoms with van der Waals surface area (Å²) in [6.07, 6.45) is -1.80. The molecule has 0 saturated heterocycles. The van der Waals surface area contributed by atoms with Gasteiger partial charge in [-0.3, -0.25) is 4.79 Å². The first-order valence-corrected chi connectivity index (χ1v) is 5.70. The highest BCUT2D eigenvalue weighted by atomic mass is 32.1. The third-order valence-corrected chi connectivity index (χ3v) is 2.68. The molecule has 0 heterocycles. The summed E-state index contributed by atoms with van der Waals surface area (Å²) in [5, 5.41) is 28.8. The van der Waals surface area contributed by atoms with Gasteiger partial charge < -0.3 is 21.1 Å². The fraction of sp³-hybridized carbons (Fsp3) is 0.364. The van der Waals surface area contributed by atoms with Crippen molar-refractivity contribution in [1.29, 1.82) is 0 Å². The van der Waals surface area contributed by atoms with Crippen LogP contribution in [-0.2, 0) is 0 Å². The average molecular weight is 257 g/mol. The number of benzene rings is 1. The maximum atomic E-state index is 11.0. The van der Waals surface area contributed by atoms with E-state index < -0.39 is 18.1 Å². The molecule has 94 valence electrons. The molecule has 2 atom stereocenters. The van der Waals surface area contributed by atoms with Crippen LogP contribution >= 0.6 is 12.6 Å². The highest BCUT2D eigenvalue weighted by Gasteiger charge is 2.19. The lowest BCUT2D eigenvalue weighted by molar-refractivity contribution is 0.0172. The molecule has 1 aromatic rings. The van der Waals surface area contributed by atoms with E-state index in [2.05, 4.69) is 12.6 Å². The first kappa shape index (κ1) is 13.8. The molecule has 0 bridgehead atoms. The highest BCUT2D eigenvalue weighted by molar-refractivity contribution is 7.80. The Balaban J connectivity index is 2.99. The van der Waals surface area contributed by atoms with Crippen molar-refractivity contribution in [2.24, 2.45) is 5.73 Å². The van der Waals surface area contributed by atoms with Gasteiger partial charge in [0, 0.05) is 0 Å². The number of amides is 1. The van der Waals surface area contributed by atoms with Crippen LogP contribution in [0.2, 0.25) is 0 Å². The topological polar surface area (TPSA) is 104 Å². The minimum absolute atomic E-state index is 0.0837. The number of aliphatic hydroxyl groups is 2. The lowest BCUT2D eigenvalue weighted by Gasteiger charge is -2.18. The Kier molecular flexibility index (Phi) is 4.80. The fourth-order valence-electron chi connectivity index (χ4n) is 1.45. The third-order valence-electron chi connectivity index (χ3n) is 2.42. The van der Waals surface area contributed by atoms with Crippen LogP contribution in [0.25, 0.3) is 0 Å². The molecule has 0 aliphatic carbocycles. The average Bonchev–Trinajstić information content (AvgIpc) is 2.28. The lowest BCUT2D eigenvalue weighted by Crippen LogP contribution is -2.19. The molecule has 0 aliphatic rings. The molecule has 0 radical (unpaired) electrons. The summed E-state index contributed by atoms with van der Waals surface area (Å²) in [6, 6.07) is 3.95. The molecule has 5 nitrogen and oxygen atoms in total. The monoisotopic (exact) mass is 257 g/mol. The van der Waals surface area contributed by atoms with Crippen LogP contribution in [0.5, 0.6) is 5.75 Å². The van der Waals surface area contributed by atoms with E-state index in [1.54, 1.807) is 0 Å². The Bertz CT molecular complexity index is 410. The van der Waals surface area contributed by atoms with Gasteiger partial charge in [-0.15, -0.1) is 0 Å². The van der Waals surface area contributed by atoms with E-state index >= 15 is 0 Å². The van der Waals surface area contributed by atoms with Gasteiger partial charge in [0.1, 0.15) is 11.9 Å². The third kappa shape index (κ3) is 3.36. The molecule has 0 aromatic heterocycles. The van der Waals surface area contributed by atoms with Crippen molar-refractivity contribution in [2.45, 2.75) is 18.6 Å². The number of rotatable bonds is 5. The second-order valence-electron chi connectivity index (χ2n) is 3.67. The van der Waals surface area contributed by atoms with Crippen molar-refractivity contribution in [3.63, 3.8) is 0 Å². The van der Waals surface area contributed by atoms with E-state index in [1.165, 1.54) is 18.2 Å². The number of hydrogen-bond acceptors (Lipinski definition) is 5. The summed E-state index contributed by atoms with van der Waals surface area (Å²) < 4.78 is 0. The number of hydrogen-bond donors (Lipinski definition) is 5. The van der Waals surface area contributed by atoms with Gasteiger partial charge in [0.15, 0.2) is 0 Å². The molecule has 0 saturated carbocycles. The molecule has 6 heteroatoms. The zero-order valence-corrected chi connectivity index (χ0v) is 9.97. The number of aromatic hydroxyl groups is 1. The number of carbonyl (C=O) groups is 1. The molecular formula is C11H15NO4S. The summed E-state index contributed by atoms with van der Waals surface area (Å²) in [6.45, 7) is 0. The van der Waals surface area contributed by atoms with Crippen molar-refractivity contribution in [3.05, 3.63) is 29.3 Å². The summed E-state index contributed by atoms with van der Waals surface area (Å²) >= 11 is 3.95. The zero-order chi connectivity index (χ0) is 13.0. The normalized spacial score (nSPS) is 14.3. The quantitative estimate of drug-likeness (QED) is 0.486. The van der Waals surface area contributed by atoms with Gasteiger partial charge in [0.25, 0.3) is 5.91 Å². The first-order valence-electron chi connectivity index (χ1n) is 5.07. The molecule has 0 aliphatic heterocycles. The van der Waals surface area contributed by atoms with Gasteiger partial charge in [-0.25, -0.2) is 0 Å².